The first-order valence-electron chi connectivity index (χ1n) is 7.02. The minimum absolute atomic E-state index is 0.0700. The van der Waals surface area contributed by atoms with E-state index in [9.17, 15) is 4.79 Å². The number of fused-ring (bicyclic) bond motifs is 1. The molecule has 20 heavy (non-hydrogen) atoms. The number of benzene rings is 1. The number of nitrogens with zero attached hydrogens (tertiary/aromatic N) is 1. The van der Waals surface area contributed by atoms with E-state index in [-0.39, 0.29) is 11.9 Å². The zero-order valence-corrected chi connectivity index (χ0v) is 12.2. The van der Waals surface area contributed by atoms with Gasteiger partial charge in [0.2, 0.25) is 0 Å². The first kappa shape index (κ1) is 13.2. The molecule has 4 heteroatoms. The maximum absolute atomic E-state index is 12.6. The van der Waals surface area contributed by atoms with Gasteiger partial charge in [-0.15, -0.1) is 0 Å². The van der Waals surface area contributed by atoms with Gasteiger partial charge in [0.15, 0.2) is 0 Å². The molecule has 4 nitrogen and oxygen atoms in total. The molecule has 1 saturated heterocycles. The van der Waals surface area contributed by atoms with Crippen LogP contribution in [-0.2, 0) is 4.74 Å². The lowest BCUT2D eigenvalue weighted by atomic mass is 10.1. The van der Waals surface area contributed by atoms with Crippen LogP contribution in [0.5, 0.6) is 0 Å². The molecule has 0 spiro atoms. The van der Waals surface area contributed by atoms with Gasteiger partial charge in [0.05, 0.1) is 12.6 Å². The second-order valence-electron chi connectivity index (χ2n) is 5.57. The number of likely N-dealkylation sites (N-methyl/N-ethyl adjacent to an activating group) is 1. The van der Waals surface area contributed by atoms with Crippen molar-refractivity contribution < 1.29 is 9.53 Å². The number of H-pyrrole nitrogens is 1. The Morgan fingerprint density at radius 1 is 1.40 bits per heavy atom. The van der Waals surface area contributed by atoms with E-state index >= 15 is 0 Å². The number of rotatable bonds is 2. The predicted octanol–water partition coefficient (Wildman–Crippen LogP) is 2.65. The zero-order chi connectivity index (χ0) is 14.3. The molecule has 1 aromatic carbocycles. The second kappa shape index (κ2) is 4.94. The van der Waals surface area contributed by atoms with Gasteiger partial charge in [-0.2, -0.15) is 0 Å². The molecule has 2 heterocycles. The van der Waals surface area contributed by atoms with Gasteiger partial charge in [-0.25, -0.2) is 0 Å². The Labute approximate surface area is 118 Å². The van der Waals surface area contributed by atoms with Gasteiger partial charge >= 0.3 is 0 Å². The fraction of sp³-hybridized carbons (Fsp3) is 0.438. The second-order valence-corrected chi connectivity index (χ2v) is 5.57. The van der Waals surface area contributed by atoms with Crippen molar-refractivity contribution in [1.82, 2.24) is 9.88 Å². The number of aryl methyl sites for hydroxylation is 2. The van der Waals surface area contributed by atoms with Crippen molar-refractivity contribution in [2.45, 2.75) is 26.3 Å². The lowest BCUT2D eigenvalue weighted by Crippen LogP contribution is -2.37. The number of carbonyl (C=O) groups is 1. The standard InChI is InChI=1S/C16H20N2O2/c1-10-11(2)17-15-5-4-12(8-14(10)15)16(19)18(3)13-6-7-20-9-13/h4-5,8,13,17H,6-7,9H2,1-3H3. The summed E-state index contributed by atoms with van der Waals surface area (Å²) in [5, 5.41) is 1.13. The van der Waals surface area contributed by atoms with Crippen LogP contribution in [0.1, 0.15) is 28.0 Å². The highest BCUT2D eigenvalue weighted by Gasteiger charge is 2.25. The molecule has 1 amide bonds. The Morgan fingerprint density at radius 3 is 2.90 bits per heavy atom. The van der Waals surface area contributed by atoms with Crippen LogP contribution in [0.3, 0.4) is 0 Å². The normalized spacial score (nSPS) is 18.6. The first-order valence-corrected chi connectivity index (χ1v) is 7.02. The molecule has 106 valence electrons. The molecule has 1 unspecified atom stereocenters. The summed E-state index contributed by atoms with van der Waals surface area (Å²) < 4.78 is 5.36. The lowest BCUT2D eigenvalue weighted by molar-refractivity contribution is 0.0711. The summed E-state index contributed by atoms with van der Waals surface area (Å²) in [6.07, 6.45) is 0.923. The maximum Gasteiger partial charge on any atom is 0.253 e. The van der Waals surface area contributed by atoms with E-state index in [0.717, 1.165) is 35.2 Å². The van der Waals surface area contributed by atoms with E-state index < -0.39 is 0 Å². The van der Waals surface area contributed by atoms with Crippen LogP contribution in [-0.4, -0.2) is 42.1 Å². The first-order chi connectivity index (χ1) is 9.58. The predicted molar refractivity (Wildman–Crippen MR) is 79.1 cm³/mol. The smallest absolute Gasteiger partial charge is 0.253 e. The monoisotopic (exact) mass is 272 g/mol. The van der Waals surface area contributed by atoms with Crippen LogP contribution < -0.4 is 0 Å². The fourth-order valence-electron chi connectivity index (χ4n) is 2.79. The number of aromatic amines is 1. The van der Waals surface area contributed by atoms with Crippen LogP contribution in [0, 0.1) is 13.8 Å². The average molecular weight is 272 g/mol. The number of ether oxygens (including phenoxy) is 1. The molecular formula is C16H20N2O2. The van der Waals surface area contributed by atoms with Gasteiger partial charge in [0.25, 0.3) is 5.91 Å². The third-order valence-corrected chi connectivity index (χ3v) is 4.33. The molecule has 0 aliphatic carbocycles. The summed E-state index contributed by atoms with van der Waals surface area (Å²) >= 11 is 0. The summed E-state index contributed by atoms with van der Waals surface area (Å²) in [6, 6.07) is 6.07. The molecule has 1 aromatic heterocycles. The van der Waals surface area contributed by atoms with Crippen molar-refractivity contribution >= 4 is 16.8 Å². The molecule has 1 aliphatic rings. The summed E-state index contributed by atoms with van der Waals surface area (Å²) in [7, 11) is 1.86. The van der Waals surface area contributed by atoms with Gasteiger partial charge in [-0.05, 0) is 44.0 Å². The topological polar surface area (TPSA) is 45.3 Å². The number of amides is 1. The van der Waals surface area contributed by atoms with E-state index in [4.69, 9.17) is 4.74 Å². The zero-order valence-electron chi connectivity index (χ0n) is 12.2. The highest BCUT2D eigenvalue weighted by Crippen LogP contribution is 2.23. The number of nitrogens with one attached hydrogen (secondary N) is 1. The molecule has 3 rings (SSSR count). The third kappa shape index (κ3) is 2.10. The van der Waals surface area contributed by atoms with E-state index in [2.05, 4.69) is 18.8 Å². The Kier molecular flexibility index (Phi) is 3.26. The lowest BCUT2D eigenvalue weighted by Gasteiger charge is -2.23. The van der Waals surface area contributed by atoms with Crippen LogP contribution in [0.2, 0.25) is 0 Å². The quantitative estimate of drug-likeness (QED) is 0.913. The molecule has 1 atom stereocenters. The Balaban J connectivity index is 1.92. The van der Waals surface area contributed by atoms with Crippen LogP contribution >= 0.6 is 0 Å². The highest BCUT2D eigenvalue weighted by atomic mass is 16.5. The minimum Gasteiger partial charge on any atom is -0.379 e. The molecule has 0 radical (unpaired) electrons. The fourth-order valence-corrected chi connectivity index (χ4v) is 2.79. The number of hydrogen-bond donors (Lipinski definition) is 1. The summed E-state index contributed by atoms with van der Waals surface area (Å²) in [5.74, 6) is 0.0700. The number of hydrogen-bond acceptors (Lipinski definition) is 2. The van der Waals surface area contributed by atoms with E-state index in [1.807, 2.05) is 30.1 Å². The average Bonchev–Trinajstić information content (AvgIpc) is 3.07. The van der Waals surface area contributed by atoms with Crippen LogP contribution in [0.25, 0.3) is 10.9 Å². The molecule has 2 aromatic rings. The van der Waals surface area contributed by atoms with Crippen molar-refractivity contribution in [3.63, 3.8) is 0 Å². The van der Waals surface area contributed by atoms with Gasteiger partial charge in [-0.3, -0.25) is 4.79 Å². The van der Waals surface area contributed by atoms with Crippen LogP contribution in [0.4, 0.5) is 0 Å². The van der Waals surface area contributed by atoms with E-state index in [1.54, 1.807) is 0 Å². The SMILES string of the molecule is Cc1[nH]c2ccc(C(=O)N(C)C3CCOC3)cc2c1C. The molecular weight excluding hydrogens is 252 g/mol. The molecule has 1 N–H and O–H groups in total. The van der Waals surface area contributed by atoms with Crippen molar-refractivity contribution in [3.8, 4) is 0 Å². The van der Waals surface area contributed by atoms with Gasteiger partial charge < -0.3 is 14.6 Å². The van der Waals surface area contributed by atoms with Crippen molar-refractivity contribution in [3.05, 3.63) is 35.0 Å². The number of carbonyl (C=O) groups excluding carboxylic acids is 1. The van der Waals surface area contributed by atoms with E-state index in [0.29, 0.717) is 6.61 Å². The minimum atomic E-state index is 0.0700. The van der Waals surface area contributed by atoms with Crippen LogP contribution in [0.15, 0.2) is 18.2 Å². The van der Waals surface area contributed by atoms with Crippen molar-refractivity contribution in [2.24, 2.45) is 0 Å². The molecule has 0 bridgehead atoms. The third-order valence-electron chi connectivity index (χ3n) is 4.33. The Hall–Kier alpha value is -1.81. The van der Waals surface area contributed by atoms with E-state index in [1.165, 1.54) is 5.56 Å². The molecule has 0 saturated carbocycles. The molecule has 1 fully saturated rings. The Morgan fingerprint density at radius 2 is 2.20 bits per heavy atom. The Bertz CT molecular complexity index is 654. The van der Waals surface area contributed by atoms with Crippen molar-refractivity contribution in [1.29, 1.82) is 0 Å². The van der Waals surface area contributed by atoms with Gasteiger partial charge in [-0.1, -0.05) is 0 Å². The summed E-state index contributed by atoms with van der Waals surface area (Å²) in [4.78, 5) is 17.7. The largest absolute Gasteiger partial charge is 0.379 e. The van der Waals surface area contributed by atoms with Crippen molar-refractivity contribution in [2.75, 3.05) is 20.3 Å². The van der Waals surface area contributed by atoms with Gasteiger partial charge in [0.1, 0.15) is 0 Å². The summed E-state index contributed by atoms with van der Waals surface area (Å²) in [6.45, 7) is 5.53. The molecule has 1 aliphatic heterocycles. The summed E-state index contributed by atoms with van der Waals surface area (Å²) in [5.41, 5.74) is 4.20. The number of aromatic nitrogens is 1. The van der Waals surface area contributed by atoms with Gasteiger partial charge in [0, 0.05) is 35.8 Å². The maximum atomic E-state index is 12.6. The highest BCUT2D eigenvalue weighted by molar-refractivity contribution is 5.99.